The third kappa shape index (κ3) is 5.86. The Morgan fingerprint density at radius 2 is 1.81 bits per heavy atom. The van der Waals surface area contributed by atoms with Gasteiger partial charge in [0.05, 0.1) is 6.61 Å². The second-order valence-electron chi connectivity index (χ2n) is 7.13. The minimum absolute atomic E-state index is 0.0261. The molecule has 4 nitrogen and oxygen atoms in total. The predicted molar refractivity (Wildman–Crippen MR) is 126 cm³/mol. The van der Waals surface area contributed by atoms with Crippen molar-refractivity contribution in [3.8, 4) is 5.75 Å². The van der Waals surface area contributed by atoms with Crippen LogP contribution in [0.15, 0.2) is 88.5 Å². The van der Waals surface area contributed by atoms with Gasteiger partial charge in [-0.15, -0.1) is 0 Å². The molecule has 0 saturated carbocycles. The van der Waals surface area contributed by atoms with Crippen molar-refractivity contribution >= 4 is 34.7 Å². The third-order valence-corrected chi connectivity index (χ3v) is 5.61. The van der Waals surface area contributed by atoms with E-state index in [1.807, 2.05) is 73.7 Å². The van der Waals surface area contributed by atoms with Gasteiger partial charge in [0.15, 0.2) is 11.4 Å². The standard InChI is InChI=1S/C26H23NO3S/c1-19-7-9-20(10-8-19)11-16-24(28)21-12-14-22(15-13-21)29-17-4-18-31-26-27-23-5-2-3-6-25(23)30-26/h2-3,5-16H,4,17-18H2,1H3. The van der Waals surface area contributed by atoms with Gasteiger partial charge in [0.2, 0.25) is 0 Å². The van der Waals surface area contributed by atoms with Crippen molar-refractivity contribution in [3.05, 3.63) is 95.6 Å². The third-order valence-electron chi connectivity index (χ3n) is 4.70. The molecule has 4 rings (SSSR count). The molecule has 0 amide bonds. The summed E-state index contributed by atoms with van der Waals surface area (Å²) >= 11 is 1.58. The summed E-state index contributed by atoms with van der Waals surface area (Å²) in [5.41, 5.74) is 4.54. The van der Waals surface area contributed by atoms with Crippen molar-refractivity contribution in [1.29, 1.82) is 0 Å². The molecule has 1 aromatic heterocycles. The van der Waals surface area contributed by atoms with Gasteiger partial charge in [-0.2, -0.15) is 0 Å². The van der Waals surface area contributed by atoms with Crippen LogP contribution in [0.2, 0.25) is 0 Å². The highest BCUT2D eigenvalue weighted by Crippen LogP contribution is 2.23. The second kappa shape index (κ2) is 10.1. The summed E-state index contributed by atoms with van der Waals surface area (Å²) in [6, 6.07) is 23.1. The lowest BCUT2D eigenvalue weighted by atomic mass is 10.1. The second-order valence-corrected chi connectivity index (χ2v) is 8.18. The molecule has 156 valence electrons. The number of ketones is 1. The van der Waals surface area contributed by atoms with Gasteiger partial charge < -0.3 is 9.15 Å². The Hall–Kier alpha value is -3.31. The van der Waals surface area contributed by atoms with Crippen molar-refractivity contribution in [2.75, 3.05) is 12.4 Å². The van der Waals surface area contributed by atoms with E-state index in [2.05, 4.69) is 4.98 Å². The Morgan fingerprint density at radius 3 is 2.58 bits per heavy atom. The first-order valence-electron chi connectivity index (χ1n) is 10.2. The number of aryl methyl sites for hydroxylation is 1. The fraction of sp³-hybridized carbons (Fsp3) is 0.154. The first-order chi connectivity index (χ1) is 15.2. The summed E-state index contributed by atoms with van der Waals surface area (Å²) in [7, 11) is 0. The number of nitrogens with zero attached hydrogens (tertiary/aromatic N) is 1. The number of aromatic nitrogens is 1. The first-order valence-corrected chi connectivity index (χ1v) is 11.2. The van der Waals surface area contributed by atoms with Crippen molar-refractivity contribution in [2.45, 2.75) is 18.6 Å². The Morgan fingerprint density at radius 1 is 1.03 bits per heavy atom. The van der Waals surface area contributed by atoms with Crippen molar-refractivity contribution < 1.29 is 13.9 Å². The maximum atomic E-state index is 12.3. The number of carbonyl (C=O) groups is 1. The molecule has 0 unspecified atom stereocenters. The van der Waals surface area contributed by atoms with Gasteiger partial charge in [-0.1, -0.05) is 59.8 Å². The van der Waals surface area contributed by atoms with Gasteiger partial charge in [0.25, 0.3) is 5.22 Å². The number of rotatable bonds is 9. The van der Waals surface area contributed by atoms with Crippen LogP contribution in [-0.2, 0) is 0 Å². The maximum absolute atomic E-state index is 12.3. The minimum Gasteiger partial charge on any atom is -0.494 e. The molecule has 4 aromatic rings. The van der Waals surface area contributed by atoms with E-state index in [-0.39, 0.29) is 5.78 Å². The maximum Gasteiger partial charge on any atom is 0.256 e. The Kier molecular flexibility index (Phi) is 6.85. The van der Waals surface area contributed by atoms with Crippen LogP contribution in [0.25, 0.3) is 17.2 Å². The van der Waals surface area contributed by atoms with Crippen molar-refractivity contribution in [3.63, 3.8) is 0 Å². The zero-order valence-corrected chi connectivity index (χ0v) is 18.1. The molecule has 0 spiro atoms. The number of thioether (sulfide) groups is 1. The number of hydrogen-bond acceptors (Lipinski definition) is 5. The Balaban J connectivity index is 1.21. The topological polar surface area (TPSA) is 52.3 Å². The summed E-state index contributed by atoms with van der Waals surface area (Å²) in [6.07, 6.45) is 4.30. The number of allylic oxidation sites excluding steroid dienone is 1. The highest BCUT2D eigenvalue weighted by Gasteiger charge is 2.06. The zero-order valence-electron chi connectivity index (χ0n) is 17.3. The van der Waals surface area contributed by atoms with Crippen LogP contribution in [0.5, 0.6) is 5.75 Å². The number of ether oxygens (including phenoxy) is 1. The van der Waals surface area contributed by atoms with E-state index in [9.17, 15) is 4.79 Å². The van der Waals surface area contributed by atoms with Gasteiger partial charge in [0.1, 0.15) is 11.3 Å². The highest BCUT2D eigenvalue weighted by molar-refractivity contribution is 7.99. The molecular weight excluding hydrogens is 406 g/mol. The number of hydrogen-bond donors (Lipinski definition) is 0. The lowest BCUT2D eigenvalue weighted by molar-refractivity contribution is 0.104. The first kappa shape index (κ1) is 20.9. The molecule has 3 aromatic carbocycles. The van der Waals surface area contributed by atoms with Crippen LogP contribution in [-0.4, -0.2) is 23.1 Å². The molecule has 0 N–H and O–H groups in total. The number of benzene rings is 3. The summed E-state index contributed by atoms with van der Waals surface area (Å²) in [6.45, 7) is 2.63. The van der Waals surface area contributed by atoms with E-state index >= 15 is 0 Å². The van der Waals surface area contributed by atoms with E-state index in [1.54, 1.807) is 30.0 Å². The van der Waals surface area contributed by atoms with Crippen LogP contribution in [0.1, 0.15) is 27.9 Å². The normalized spacial score (nSPS) is 11.3. The molecule has 0 aliphatic carbocycles. The van der Waals surface area contributed by atoms with Gasteiger partial charge in [-0.25, -0.2) is 4.98 Å². The van der Waals surface area contributed by atoms with Gasteiger partial charge in [-0.3, -0.25) is 4.79 Å². The highest BCUT2D eigenvalue weighted by atomic mass is 32.2. The molecule has 0 bridgehead atoms. The fourth-order valence-corrected chi connectivity index (χ4v) is 3.73. The summed E-state index contributed by atoms with van der Waals surface area (Å²) < 4.78 is 11.5. The molecule has 0 aliphatic rings. The van der Waals surface area contributed by atoms with Crippen molar-refractivity contribution in [2.24, 2.45) is 0 Å². The summed E-state index contributed by atoms with van der Waals surface area (Å²) in [5, 5.41) is 0.683. The summed E-state index contributed by atoms with van der Waals surface area (Å²) in [4.78, 5) is 16.8. The molecule has 31 heavy (non-hydrogen) atoms. The molecule has 0 radical (unpaired) electrons. The van der Waals surface area contributed by atoms with Gasteiger partial charge >= 0.3 is 0 Å². The van der Waals surface area contributed by atoms with E-state index in [0.717, 1.165) is 34.6 Å². The van der Waals surface area contributed by atoms with Crippen LogP contribution in [0, 0.1) is 6.92 Å². The fourth-order valence-electron chi connectivity index (χ4n) is 2.98. The largest absolute Gasteiger partial charge is 0.494 e. The monoisotopic (exact) mass is 429 g/mol. The molecule has 0 saturated heterocycles. The molecule has 1 heterocycles. The lowest BCUT2D eigenvalue weighted by Gasteiger charge is -2.06. The number of para-hydroxylation sites is 2. The Bertz CT molecular complexity index is 1140. The smallest absolute Gasteiger partial charge is 0.256 e. The molecule has 0 atom stereocenters. The Labute approximate surface area is 186 Å². The zero-order chi connectivity index (χ0) is 21.5. The molecule has 0 fully saturated rings. The van der Waals surface area contributed by atoms with Crippen LogP contribution in [0.3, 0.4) is 0 Å². The number of fused-ring (bicyclic) bond motifs is 1. The van der Waals surface area contributed by atoms with E-state index in [1.165, 1.54) is 5.56 Å². The van der Waals surface area contributed by atoms with Crippen LogP contribution in [0.4, 0.5) is 0 Å². The van der Waals surface area contributed by atoms with E-state index in [0.29, 0.717) is 17.4 Å². The minimum atomic E-state index is -0.0261. The van der Waals surface area contributed by atoms with Gasteiger partial charge in [0, 0.05) is 11.3 Å². The van der Waals surface area contributed by atoms with Gasteiger partial charge in [-0.05, 0) is 61.4 Å². The summed E-state index contributed by atoms with van der Waals surface area (Å²) in [5.74, 6) is 1.58. The van der Waals surface area contributed by atoms with Crippen LogP contribution < -0.4 is 4.74 Å². The predicted octanol–water partition coefficient (Wildman–Crippen LogP) is 6.59. The average Bonchev–Trinajstić information content (AvgIpc) is 3.21. The molecule has 0 aliphatic heterocycles. The number of oxazole rings is 1. The molecule has 5 heteroatoms. The quantitative estimate of drug-likeness (QED) is 0.130. The SMILES string of the molecule is Cc1ccc(C=CC(=O)c2ccc(OCCCSc3nc4ccccc4o3)cc2)cc1. The number of carbonyl (C=O) groups excluding carboxylic acids is 1. The van der Waals surface area contributed by atoms with Crippen molar-refractivity contribution in [1.82, 2.24) is 4.98 Å². The average molecular weight is 430 g/mol. The van der Waals surface area contributed by atoms with Crippen LogP contribution >= 0.6 is 11.8 Å². The molecular formula is C26H23NO3S. The van der Waals surface area contributed by atoms with E-state index < -0.39 is 0 Å². The lowest BCUT2D eigenvalue weighted by Crippen LogP contribution is -2.00. The van der Waals surface area contributed by atoms with E-state index in [4.69, 9.17) is 9.15 Å².